The van der Waals surface area contributed by atoms with Crippen LogP contribution < -0.4 is 22.1 Å². The number of nitrogens with zero attached hydrogens (tertiary/aromatic N) is 4. The molecule has 2 amide bonds. The molecule has 4 heterocycles. The second kappa shape index (κ2) is 18.5. The molecule has 4 aromatic heterocycles. The van der Waals surface area contributed by atoms with Gasteiger partial charge in [-0.3, -0.25) is 29.5 Å². The summed E-state index contributed by atoms with van der Waals surface area (Å²) in [4.78, 5) is 39.2. The van der Waals surface area contributed by atoms with Crippen LogP contribution in [0.2, 0.25) is 0 Å². The van der Waals surface area contributed by atoms with Crippen LogP contribution in [0.3, 0.4) is 0 Å². The average Bonchev–Trinajstić information content (AvgIpc) is 3.13. The minimum Gasteiger partial charge on any atom is -0.348 e. The molecule has 8 rings (SSSR count). The highest BCUT2D eigenvalue weighted by molar-refractivity contribution is 5.73. The summed E-state index contributed by atoms with van der Waals surface area (Å²) in [6.07, 6.45) is 20.5. The number of aromatic nitrogens is 4. The van der Waals surface area contributed by atoms with Crippen molar-refractivity contribution in [3.05, 3.63) is 118 Å². The Hall–Kier alpha value is -4.54. The Bertz CT molecular complexity index is 1590. The lowest BCUT2D eigenvalue weighted by Gasteiger charge is -2.24. The Kier molecular flexibility index (Phi) is 13.6. The summed E-state index contributed by atoms with van der Waals surface area (Å²) in [6, 6.07) is 16.9. The topological polar surface area (TPSA) is 162 Å². The zero-order chi connectivity index (χ0) is 35.3. The molecule has 0 saturated heterocycles. The monoisotopic (exact) mass is 676 g/mol. The van der Waals surface area contributed by atoms with Gasteiger partial charge in [0.2, 0.25) is 11.8 Å². The van der Waals surface area contributed by atoms with Crippen molar-refractivity contribution >= 4 is 11.8 Å². The van der Waals surface area contributed by atoms with E-state index in [0.29, 0.717) is 0 Å². The lowest BCUT2D eigenvalue weighted by atomic mass is 9.92. The average molecular weight is 677 g/mol. The number of hydrogen-bond acceptors (Lipinski definition) is 8. The van der Waals surface area contributed by atoms with Crippen molar-refractivity contribution in [1.29, 1.82) is 0 Å². The molecule has 0 aliphatic heterocycles. The maximum atomic E-state index is 11.0. The molecular weight excluding hydrogens is 624 g/mol. The third-order valence-corrected chi connectivity index (χ3v) is 9.62. The van der Waals surface area contributed by atoms with E-state index >= 15 is 0 Å². The quantitative estimate of drug-likeness (QED) is 0.200. The Morgan fingerprint density at radius 1 is 0.520 bits per heavy atom. The molecule has 0 aromatic carbocycles. The molecule has 4 aliphatic carbocycles. The highest BCUT2D eigenvalue weighted by Crippen LogP contribution is 2.29. The molecular formula is C40H52N8O2. The number of amides is 2. The van der Waals surface area contributed by atoms with Crippen molar-refractivity contribution in [1.82, 2.24) is 30.6 Å². The summed E-state index contributed by atoms with van der Waals surface area (Å²) in [5.74, 6) is 0.0435. The number of nitrogens with two attached hydrogens (primary N) is 2. The number of aryl methyl sites for hydroxylation is 4. The smallest absolute Gasteiger partial charge is 0.217 e. The molecule has 4 aliphatic rings. The van der Waals surface area contributed by atoms with Gasteiger partial charge in [-0.15, -0.1) is 0 Å². The van der Waals surface area contributed by atoms with E-state index in [1.807, 2.05) is 36.7 Å². The van der Waals surface area contributed by atoms with Gasteiger partial charge in [0.1, 0.15) is 0 Å². The molecule has 0 radical (unpaired) electrons. The van der Waals surface area contributed by atoms with E-state index in [-0.39, 0.29) is 36.0 Å². The molecule has 6 N–H and O–H groups in total. The Morgan fingerprint density at radius 2 is 0.820 bits per heavy atom. The van der Waals surface area contributed by atoms with E-state index in [0.717, 1.165) is 87.0 Å². The van der Waals surface area contributed by atoms with Gasteiger partial charge >= 0.3 is 0 Å². The van der Waals surface area contributed by atoms with Crippen LogP contribution in [0.5, 0.6) is 0 Å². The lowest BCUT2D eigenvalue weighted by molar-refractivity contribution is -0.120. The summed E-state index contributed by atoms with van der Waals surface area (Å²) in [5, 5.41) is 5.87. The summed E-state index contributed by atoms with van der Waals surface area (Å²) < 4.78 is 0. The first-order chi connectivity index (χ1) is 24.3. The number of fused-ring (bicyclic) bond motifs is 4. The predicted molar refractivity (Wildman–Crippen MR) is 196 cm³/mol. The normalized spacial score (nSPS) is 21.2. The van der Waals surface area contributed by atoms with Gasteiger partial charge in [-0.1, -0.05) is 24.3 Å². The standard InChI is InChI=1S/2C11H14N2O.2C9H12N2/c2*1-8(14)13-10-6-2-4-9-5-3-7-12-11(9)10;2*10-8-5-1-3-7-4-2-6-11-9(7)8/h2*3,5,7,10H,2,4,6H2,1H3,(H,13,14);2*2,4,6,8H,1,3,5,10H2/t10-;;8-;/m1.1./s1. The van der Waals surface area contributed by atoms with Gasteiger partial charge in [-0.25, -0.2) is 0 Å². The zero-order valence-corrected chi connectivity index (χ0v) is 29.5. The Labute approximate surface area is 296 Å². The predicted octanol–water partition coefficient (Wildman–Crippen LogP) is 6.03. The summed E-state index contributed by atoms with van der Waals surface area (Å²) in [5.41, 5.74) is 21.3. The first-order valence-corrected chi connectivity index (χ1v) is 18.1. The number of nitrogens with one attached hydrogen (secondary N) is 2. The third kappa shape index (κ3) is 10.2. The minimum atomic E-state index is 0.0218. The molecule has 50 heavy (non-hydrogen) atoms. The van der Waals surface area contributed by atoms with Crippen molar-refractivity contribution in [2.45, 2.75) is 115 Å². The van der Waals surface area contributed by atoms with Crippen molar-refractivity contribution in [2.75, 3.05) is 0 Å². The number of pyridine rings is 4. The van der Waals surface area contributed by atoms with Crippen molar-refractivity contribution in [2.24, 2.45) is 11.5 Å². The fourth-order valence-electron chi connectivity index (χ4n) is 7.28. The Balaban J connectivity index is 0.000000130. The highest BCUT2D eigenvalue weighted by atomic mass is 16.2. The van der Waals surface area contributed by atoms with E-state index in [4.69, 9.17) is 11.5 Å². The molecule has 0 saturated carbocycles. The van der Waals surface area contributed by atoms with E-state index in [1.54, 1.807) is 26.2 Å². The molecule has 0 fully saturated rings. The first kappa shape index (κ1) is 36.7. The fourth-order valence-corrected chi connectivity index (χ4v) is 7.28. The van der Waals surface area contributed by atoms with Crippen molar-refractivity contribution in [3.63, 3.8) is 0 Å². The van der Waals surface area contributed by atoms with Crippen LogP contribution in [0.15, 0.2) is 73.3 Å². The molecule has 0 bridgehead atoms. The zero-order valence-electron chi connectivity index (χ0n) is 29.5. The molecule has 2 unspecified atom stereocenters. The molecule has 10 nitrogen and oxygen atoms in total. The molecule has 0 spiro atoms. The van der Waals surface area contributed by atoms with Gasteiger partial charge in [-0.2, -0.15) is 0 Å². The molecule has 4 atom stereocenters. The third-order valence-electron chi connectivity index (χ3n) is 9.62. The van der Waals surface area contributed by atoms with Gasteiger partial charge in [-0.05, 0) is 124 Å². The highest BCUT2D eigenvalue weighted by Gasteiger charge is 2.23. The first-order valence-electron chi connectivity index (χ1n) is 18.1. The van der Waals surface area contributed by atoms with Crippen molar-refractivity contribution in [3.8, 4) is 0 Å². The van der Waals surface area contributed by atoms with E-state index in [2.05, 4.69) is 54.8 Å². The van der Waals surface area contributed by atoms with Gasteiger partial charge in [0.15, 0.2) is 0 Å². The van der Waals surface area contributed by atoms with Crippen LogP contribution in [-0.2, 0) is 35.3 Å². The van der Waals surface area contributed by atoms with Crippen LogP contribution in [0.1, 0.15) is 134 Å². The van der Waals surface area contributed by atoms with Crippen LogP contribution in [-0.4, -0.2) is 31.8 Å². The number of carbonyl (C=O) groups is 2. The minimum absolute atomic E-state index is 0.0218. The largest absolute Gasteiger partial charge is 0.348 e. The number of rotatable bonds is 2. The number of carbonyl (C=O) groups excluding carboxylic acids is 2. The van der Waals surface area contributed by atoms with Gasteiger partial charge < -0.3 is 22.1 Å². The van der Waals surface area contributed by atoms with Gasteiger partial charge in [0.25, 0.3) is 0 Å². The van der Waals surface area contributed by atoms with Crippen LogP contribution in [0.25, 0.3) is 0 Å². The van der Waals surface area contributed by atoms with E-state index < -0.39 is 0 Å². The van der Waals surface area contributed by atoms with Crippen LogP contribution >= 0.6 is 0 Å². The second-order valence-electron chi connectivity index (χ2n) is 13.5. The van der Waals surface area contributed by atoms with Gasteiger partial charge in [0, 0.05) is 50.7 Å². The Morgan fingerprint density at radius 3 is 1.14 bits per heavy atom. The second-order valence-corrected chi connectivity index (χ2v) is 13.5. The maximum Gasteiger partial charge on any atom is 0.217 e. The van der Waals surface area contributed by atoms with Crippen molar-refractivity contribution < 1.29 is 9.59 Å². The molecule has 4 aromatic rings. The van der Waals surface area contributed by atoms with Crippen LogP contribution in [0.4, 0.5) is 0 Å². The number of hydrogen-bond donors (Lipinski definition) is 4. The summed E-state index contributed by atoms with van der Waals surface area (Å²) in [6.45, 7) is 3.11. The maximum absolute atomic E-state index is 11.0. The van der Waals surface area contributed by atoms with Gasteiger partial charge in [0.05, 0.1) is 34.9 Å². The van der Waals surface area contributed by atoms with E-state index in [9.17, 15) is 9.59 Å². The van der Waals surface area contributed by atoms with Crippen LogP contribution in [0, 0.1) is 0 Å². The molecule has 264 valence electrons. The lowest BCUT2D eigenvalue weighted by Crippen LogP contribution is -2.29. The fraction of sp³-hybridized carbons (Fsp3) is 0.450. The SMILES string of the molecule is CC(=O)NC1CCCc2cccnc21.CC(=O)N[C@@H]1CCCc2cccnc21.NC1CCCc2cccnc21.N[C@@H]1CCCc2cccnc21. The summed E-state index contributed by atoms with van der Waals surface area (Å²) in [7, 11) is 0. The molecule has 10 heteroatoms. The van der Waals surface area contributed by atoms with E-state index in [1.165, 1.54) is 35.1 Å². The summed E-state index contributed by atoms with van der Waals surface area (Å²) >= 11 is 0.